The second kappa shape index (κ2) is 7.54. The van der Waals surface area contributed by atoms with E-state index in [1.165, 1.54) is 44.1 Å². The summed E-state index contributed by atoms with van der Waals surface area (Å²) in [4.78, 5) is 0. The molecule has 1 fully saturated rings. The fourth-order valence-corrected chi connectivity index (χ4v) is 3.04. The minimum atomic E-state index is -0.125. The summed E-state index contributed by atoms with van der Waals surface area (Å²) < 4.78 is 5.15. The SMILES string of the molecule is COc1ccc(CCC(O)C2CCCCCC2)cc1. The monoisotopic (exact) mass is 262 g/mol. The van der Waals surface area contributed by atoms with Crippen LogP contribution in [0.4, 0.5) is 0 Å². The number of benzene rings is 1. The van der Waals surface area contributed by atoms with Crippen molar-refractivity contribution < 1.29 is 9.84 Å². The Bertz CT molecular complexity index is 350. The summed E-state index contributed by atoms with van der Waals surface area (Å²) in [7, 11) is 1.69. The molecule has 2 nitrogen and oxygen atoms in total. The Morgan fingerprint density at radius 3 is 2.32 bits per heavy atom. The van der Waals surface area contributed by atoms with Crippen molar-refractivity contribution in [3.8, 4) is 5.75 Å². The quantitative estimate of drug-likeness (QED) is 0.814. The number of rotatable bonds is 5. The Morgan fingerprint density at radius 2 is 1.74 bits per heavy atom. The third-order valence-corrected chi connectivity index (χ3v) is 4.33. The number of methoxy groups -OCH3 is 1. The Morgan fingerprint density at radius 1 is 1.11 bits per heavy atom. The van der Waals surface area contributed by atoms with Crippen LogP contribution in [0, 0.1) is 5.92 Å². The Kier molecular flexibility index (Phi) is 5.71. The van der Waals surface area contributed by atoms with E-state index < -0.39 is 0 Å². The van der Waals surface area contributed by atoms with E-state index in [0.717, 1.165) is 18.6 Å². The van der Waals surface area contributed by atoms with E-state index in [9.17, 15) is 5.11 Å². The smallest absolute Gasteiger partial charge is 0.118 e. The highest BCUT2D eigenvalue weighted by atomic mass is 16.5. The lowest BCUT2D eigenvalue weighted by atomic mass is 9.90. The molecule has 2 heteroatoms. The summed E-state index contributed by atoms with van der Waals surface area (Å²) >= 11 is 0. The standard InChI is InChI=1S/C17H26O2/c1-19-16-11-8-14(9-12-16)10-13-17(18)15-6-4-2-3-5-7-15/h8-9,11-12,15,17-18H,2-7,10,13H2,1H3. The summed E-state index contributed by atoms with van der Waals surface area (Å²) in [6, 6.07) is 8.18. The molecule has 1 atom stereocenters. The van der Waals surface area contributed by atoms with Gasteiger partial charge in [0.2, 0.25) is 0 Å². The van der Waals surface area contributed by atoms with E-state index in [0.29, 0.717) is 5.92 Å². The van der Waals surface area contributed by atoms with E-state index in [2.05, 4.69) is 12.1 Å². The molecular formula is C17H26O2. The van der Waals surface area contributed by atoms with Crippen LogP contribution in [0.15, 0.2) is 24.3 Å². The van der Waals surface area contributed by atoms with Crippen LogP contribution in [0.1, 0.15) is 50.5 Å². The molecule has 106 valence electrons. The predicted molar refractivity (Wildman–Crippen MR) is 78.5 cm³/mol. The Labute approximate surface area is 116 Å². The first-order chi connectivity index (χ1) is 9.29. The molecule has 0 amide bonds. The molecule has 0 bridgehead atoms. The minimum Gasteiger partial charge on any atom is -0.497 e. The molecule has 1 saturated carbocycles. The number of aliphatic hydroxyl groups is 1. The van der Waals surface area contributed by atoms with Gasteiger partial charge in [-0.05, 0) is 49.3 Å². The van der Waals surface area contributed by atoms with Gasteiger partial charge in [-0.1, -0.05) is 37.8 Å². The van der Waals surface area contributed by atoms with Gasteiger partial charge < -0.3 is 9.84 Å². The van der Waals surface area contributed by atoms with Crippen LogP contribution in [0.2, 0.25) is 0 Å². The topological polar surface area (TPSA) is 29.5 Å². The Balaban J connectivity index is 1.79. The van der Waals surface area contributed by atoms with Crippen molar-refractivity contribution in [2.75, 3.05) is 7.11 Å². The highest BCUT2D eigenvalue weighted by molar-refractivity contribution is 5.27. The molecule has 1 N–H and O–H groups in total. The molecule has 0 spiro atoms. The second-order valence-electron chi connectivity index (χ2n) is 5.71. The third-order valence-electron chi connectivity index (χ3n) is 4.33. The molecule has 0 saturated heterocycles. The van der Waals surface area contributed by atoms with Gasteiger partial charge in [-0.15, -0.1) is 0 Å². The lowest BCUT2D eigenvalue weighted by Gasteiger charge is -2.21. The lowest BCUT2D eigenvalue weighted by molar-refractivity contribution is 0.0904. The van der Waals surface area contributed by atoms with Crippen LogP contribution in [0.5, 0.6) is 5.75 Å². The molecule has 19 heavy (non-hydrogen) atoms. The van der Waals surface area contributed by atoms with E-state index in [1.807, 2.05) is 12.1 Å². The highest BCUT2D eigenvalue weighted by Crippen LogP contribution is 2.27. The van der Waals surface area contributed by atoms with Crippen LogP contribution >= 0.6 is 0 Å². The molecule has 1 aromatic rings. The molecule has 0 aromatic heterocycles. The zero-order valence-corrected chi connectivity index (χ0v) is 12.0. The van der Waals surface area contributed by atoms with E-state index in [-0.39, 0.29) is 6.10 Å². The first-order valence-corrected chi connectivity index (χ1v) is 7.60. The van der Waals surface area contributed by atoms with E-state index >= 15 is 0 Å². The number of aryl methyl sites for hydroxylation is 1. The van der Waals surface area contributed by atoms with Gasteiger partial charge in [-0.2, -0.15) is 0 Å². The summed E-state index contributed by atoms with van der Waals surface area (Å²) in [6.07, 6.45) is 9.43. The summed E-state index contributed by atoms with van der Waals surface area (Å²) in [6.45, 7) is 0. The van der Waals surface area contributed by atoms with Crippen molar-refractivity contribution in [1.29, 1.82) is 0 Å². The zero-order valence-electron chi connectivity index (χ0n) is 12.0. The highest BCUT2D eigenvalue weighted by Gasteiger charge is 2.20. The van der Waals surface area contributed by atoms with Gasteiger partial charge >= 0.3 is 0 Å². The average molecular weight is 262 g/mol. The van der Waals surface area contributed by atoms with Gasteiger partial charge in [0.1, 0.15) is 5.75 Å². The van der Waals surface area contributed by atoms with Crippen LogP contribution < -0.4 is 4.74 Å². The van der Waals surface area contributed by atoms with Gasteiger partial charge in [-0.25, -0.2) is 0 Å². The van der Waals surface area contributed by atoms with Gasteiger partial charge in [-0.3, -0.25) is 0 Å². The van der Waals surface area contributed by atoms with Crippen molar-refractivity contribution in [2.45, 2.75) is 57.5 Å². The van der Waals surface area contributed by atoms with Crippen molar-refractivity contribution >= 4 is 0 Å². The Hall–Kier alpha value is -1.02. The van der Waals surface area contributed by atoms with E-state index in [4.69, 9.17) is 4.74 Å². The zero-order chi connectivity index (χ0) is 13.5. The van der Waals surface area contributed by atoms with Crippen molar-refractivity contribution in [1.82, 2.24) is 0 Å². The average Bonchev–Trinajstić information content (AvgIpc) is 2.74. The molecule has 1 aliphatic rings. The van der Waals surface area contributed by atoms with Crippen LogP contribution in [-0.4, -0.2) is 18.3 Å². The molecule has 1 aromatic carbocycles. The molecule has 1 unspecified atom stereocenters. The third kappa shape index (κ3) is 4.54. The van der Waals surface area contributed by atoms with Crippen molar-refractivity contribution in [3.63, 3.8) is 0 Å². The lowest BCUT2D eigenvalue weighted by Crippen LogP contribution is -2.20. The molecule has 0 radical (unpaired) electrons. The summed E-state index contributed by atoms with van der Waals surface area (Å²) in [5.41, 5.74) is 1.29. The van der Waals surface area contributed by atoms with Gasteiger partial charge in [0, 0.05) is 0 Å². The molecular weight excluding hydrogens is 236 g/mol. The van der Waals surface area contributed by atoms with Gasteiger partial charge in [0.25, 0.3) is 0 Å². The van der Waals surface area contributed by atoms with Crippen LogP contribution in [-0.2, 0) is 6.42 Å². The summed E-state index contributed by atoms with van der Waals surface area (Å²) in [5.74, 6) is 1.42. The fourth-order valence-electron chi connectivity index (χ4n) is 3.04. The number of hydrogen-bond acceptors (Lipinski definition) is 2. The minimum absolute atomic E-state index is 0.125. The molecule has 1 aliphatic carbocycles. The van der Waals surface area contributed by atoms with Gasteiger partial charge in [0.05, 0.1) is 13.2 Å². The normalized spacial score (nSPS) is 18.8. The number of ether oxygens (including phenoxy) is 1. The number of hydrogen-bond donors (Lipinski definition) is 1. The summed E-state index contributed by atoms with van der Waals surface area (Å²) in [5, 5.41) is 10.3. The molecule has 0 heterocycles. The van der Waals surface area contributed by atoms with Crippen LogP contribution in [0.3, 0.4) is 0 Å². The maximum atomic E-state index is 10.3. The molecule has 2 rings (SSSR count). The van der Waals surface area contributed by atoms with Crippen molar-refractivity contribution in [2.24, 2.45) is 5.92 Å². The van der Waals surface area contributed by atoms with E-state index in [1.54, 1.807) is 7.11 Å². The first kappa shape index (κ1) is 14.4. The van der Waals surface area contributed by atoms with Gasteiger partial charge in [0.15, 0.2) is 0 Å². The van der Waals surface area contributed by atoms with Crippen molar-refractivity contribution in [3.05, 3.63) is 29.8 Å². The largest absolute Gasteiger partial charge is 0.497 e. The first-order valence-electron chi connectivity index (χ1n) is 7.60. The second-order valence-corrected chi connectivity index (χ2v) is 5.71. The maximum Gasteiger partial charge on any atom is 0.118 e. The number of aliphatic hydroxyl groups excluding tert-OH is 1. The van der Waals surface area contributed by atoms with Crippen LogP contribution in [0.25, 0.3) is 0 Å². The fraction of sp³-hybridized carbons (Fsp3) is 0.647. The predicted octanol–water partition coefficient (Wildman–Crippen LogP) is 3.96. The molecule has 0 aliphatic heterocycles. The maximum absolute atomic E-state index is 10.3.